The van der Waals surface area contributed by atoms with E-state index in [1.807, 2.05) is 13.0 Å². The number of pyridine rings is 1. The molecule has 0 N–H and O–H groups in total. The zero-order valence-corrected chi connectivity index (χ0v) is 10.0. The van der Waals surface area contributed by atoms with Crippen molar-refractivity contribution in [2.75, 3.05) is 0 Å². The van der Waals surface area contributed by atoms with E-state index in [1.165, 1.54) is 12.1 Å². The molecule has 0 amide bonds. The predicted molar refractivity (Wildman–Crippen MR) is 65.0 cm³/mol. The topological polar surface area (TPSA) is 22.1 Å². The number of aromatic nitrogens is 1. The van der Waals surface area contributed by atoms with Gasteiger partial charge < -0.3 is 4.74 Å². The number of rotatable bonds is 3. The number of halogens is 2. The first-order valence-electron chi connectivity index (χ1n) is 5.13. The van der Waals surface area contributed by atoms with Gasteiger partial charge in [0.1, 0.15) is 17.3 Å². The van der Waals surface area contributed by atoms with Crippen molar-refractivity contribution in [1.82, 2.24) is 4.98 Å². The Morgan fingerprint density at radius 3 is 2.71 bits per heavy atom. The van der Waals surface area contributed by atoms with E-state index in [1.54, 1.807) is 18.3 Å². The number of benzene rings is 1. The van der Waals surface area contributed by atoms with Crippen LogP contribution in [0.15, 0.2) is 36.5 Å². The van der Waals surface area contributed by atoms with Gasteiger partial charge in [0.25, 0.3) is 0 Å². The molecule has 17 heavy (non-hydrogen) atoms. The fraction of sp³-hybridized carbons (Fsp3) is 0.154. The minimum absolute atomic E-state index is 0.250. The Morgan fingerprint density at radius 1 is 1.24 bits per heavy atom. The zero-order valence-electron chi connectivity index (χ0n) is 9.28. The largest absolute Gasteiger partial charge is 0.456 e. The van der Waals surface area contributed by atoms with Gasteiger partial charge in [-0.2, -0.15) is 0 Å². The fourth-order valence-corrected chi connectivity index (χ4v) is 1.56. The molecule has 0 bridgehead atoms. The van der Waals surface area contributed by atoms with Crippen molar-refractivity contribution in [3.63, 3.8) is 0 Å². The predicted octanol–water partition coefficient (Wildman–Crippen LogP) is 4.06. The Labute approximate surface area is 104 Å². The van der Waals surface area contributed by atoms with Crippen LogP contribution >= 0.6 is 11.6 Å². The normalized spacial score (nSPS) is 10.3. The van der Waals surface area contributed by atoms with Gasteiger partial charge >= 0.3 is 0 Å². The Kier molecular flexibility index (Phi) is 3.59. The van der Waals surface area contributed by atoms with E-state index in [9.17, 15) is 4.39 Å². The van der Waals surface area contributed by atoms with Crippen molar-refractivity contribution in [3.05, 3.63) is 53.6 Å². The zero-order chi connectivity index (χ0) is 12.3. The van der Waals surface area contributed by atoms with Crippen LogP contribution in [0.2, 0.25) is 0 Å². The summed E-state index contributed by atoms with van der Waals surface area (Å²) in [6.07, 6.45) is 1.60. The molecule has 0 saturated carbocycles. The molecule has 2 aromatic rings. The molecule has 1 aromatic carbocycles. The molecule has 0 radical (unpaired) electrons. The number of hydrogen-bond donors (Lipinski definition) is 0. The smallest absolute Gasteiger partial charge is 0.145 e. The highest BCUT2D eigenvalue weighted by Crippen LogP contribution is 2.23. The van der Waals surface area contributed by atoms with E-state index in [-0.39, 0.29) is 11.7 Å². The minimum atomic E-state index is -0.363. The molecular formula is C13H11ClFNO. The van der Waals surface area contributed by atoms with E-state index in [0.717, 1.165) is 5.69 Å². The maximum atomic E-state index is 13.2. The summed E-state index contributed by atoms with van der Waals surface area (Å²) in [4.78, 5) is 4.10. The first kappa shape index (κ1) is 11.9. The molecule has 0 aliphatic carbocycles. The second-order valence-electron chi connectivity index (χ2n) is 3.67. The van der Waals surface area contributed by atoms with Gasteiger partial charge in [-0.15, -0.1) is 11.6 Å². The van der Waals surface area contributed by atoms with Gasteiger partial charge in [0, 0.05) is 17.6 Å². The van der Waals surface area contributed by atoms with Gasteiger partial charge in [0.05, 0.1) is 6.20 Å². The SMILES string of the molecule is Cc1ccc(Oc2cc(F)cc(CCl)c2)cn1. The van der Waals surface area contributed by atoms with Crippen LogP contribution in [-0.4, -0.2) is 4.98 Å². The highest BCUT2D eigenvalue weighted by Gasteiger charge is 2.03. The fourth-order valence-electron chi connectivity index (χ4n) is 1.41. The Balaban J connectivity index is 2.23. The molecule has 0 saturated heterocycles. The van der Waals surface area contributed by atoms with Gasteiger partial charge in [0.2, 0.25) is 0 Å². The number of aryl methyl sites for hydroxylation is 1. The molecule has 0 unspecified atom stereocenters. The van der Waals surface area contributed by atoms with Crippen LogP contribution in [-0.2, 0) is 5.88 Å². The summed E-state index contributed by atoms with van der Waals surface area (Å²) < 4.78 is 18.7. The van der Waals surface area contributed by atoms with E-state index in [2.05, 4.69) is 4.98 Å². The van der Waals surface area contributed by atoms with Gasteiger partial charge in [0.15, 0.2) is 0 Å². The number of alkyl halides is 1. The monoisotopic (exact) mass is 251 g/mol. The molecule has 2 rings (SSSR count). The molecule has 4 heteroatoms. The summed E-state index contributed by atoms with van der Waals surface area (Å²) >= 11 is 5.66. The van der Waals surface area contributed by atoms with Crippen molar-refractivity contribution < 1.29 is 9.13 Å². The third-order valence-corrected chi connectivity index (χ3v) is 2.51. The maximum Gasteiger partial charge on any atom is 0.145 e. The molecular weight excluding hydrogens is 241 g/mol. The standard InChI is InChI=1S/C13H11ClFNO/c1-9-2-3-12(8-16-9)17-13-5-10(7-14)4-11(15)6-13/h2-6,8H,7H2,1H3. The van der Waals surface area contributed by atoms with Crippen molar-refractivity contribution >= 4 is 11.6 Å². The van der Waals surface area contributed by atoms with Gasteiger partial charge in [-0.1, -0.05) is 0 Å². The average molecular weight is 252 g/mol. The van der Waals surface area contributed by atoms with Crippen molar-refractivity contribution in [2.24, 2.45) is 0 Å². The quantitative estimate of drug-likeness (QED) is 0.768. The minimum Gasteiger partial charge on any atom is -0.456 e. The van der Waals surface area contributed by atoms with E-state index in [4.69, 9.17) is 16.3 Å². The molecule has 0 fully saturated rings. The lowest BCUT2D eigenvalue weighted by atomic mass is 10.2. The lowest BCUT2D eigenvalue weighted by Gasteiger charge is -2.07. The lowest BCUT2D eigenvalue weighted by molar-refractivity contribution is 0.473. The third-order valence-electron chi connectivity index (χ3n) is 2.21. The van der Waals surface area contributed by atoms with E-state index in [0.29, 0.717) is 17.1 Å². The molecule has 0 aliphatic heterocycles. The Bertz CT molecular complexity index is 513. The van der Waals surface area contributed by atoms with Crippen LogP contribution in [0.3, 0.4) is 0 Å². The van der Waals surface area contributed by atoms with Gasteiger partial charge in [-0.05, 0) is 36.8 Å². The lowest BCUT2D eigenvalue weighted by Crippen LogP contribution is -1.89. The summed E-state index contributed by atoms with van der Waals surface area (Å²) in [7, 11) is 0. The first-order valence-corrected chi connectivity index (χ1v) is 5.67. The summed E-state index contributed by atoms with van der Waals surface area (Å²) in [5, 5.41) is 0. The molecule has 1 aromatic heterocycles. The summed E-state index contributed by atoms with van der Waals surface area (Å²) in [6.45, 7) is 1.89. The van der Waals surface area contributed by atoms with Crippen LogP contribution in [0.4, 0.5) is 4.39 Å². The van der Waals surface area contributed by atoms with Crippen LogP contribution in [0, 0.1) is 12.7 Å². The van der Waals surface area contributed by atoms with Crippen molar-refractivity contribution in [2.45, 2.75) is 12.8 Å². The Morgan fingerprint density at radius 2 is 2.06 bits per heavy atom. The molecule has 0 atom stereocenters. The molecule has 0 spiro atoms. The van der Waals surface area contributed by atoms with E-state index >= 15 is 0 Å². The number of nitrogens with zero attached hydrogens (tertiary/aromatic N) is 1. The molecule has 1 heterocycles. The number of hydrogen-bond acceptors (Lipinski definition) is 2. The van der Waals surface area contributed by atoms with Gasteiger partial charge in [-0.25, -0.2) is 4.39 Å². The summed E-state index contributed by atoms with van der Waals surface area (Å²) in [5.41, 5.74) is 1.58. The third kappa shape index (κ3) is 3.17. The van der Waals surface area contributed by atoms with Crippen LogP contribution in [0.5, 0.6) is 11.5 Å². The Hall–Kier alpha value is -1.61. The van der Waals surface area contributed by atoms with Crippen LogP contribution in [0.25, 0.3) is 0 Å². The second kappa shape index (κ2) is 5.15. The average Bonchev–Trinajstić information content (AvgIpc) is 2.31. The first-order chi connectivity index (χ1) is 8.17. The van der Waals surface area contributed by atoms with Crippen molar-refractivity contribution in [3.8, 4) is 11.5 Å². The molecule has 2 nitrogen and oxygen atoms in total. The summed E-state index contributed by atoms with van der Waals surface area (Å²) in [5.74, 6) is 0.881. The van der Waals surface area contributed by atoms with E-state index < -0.39 is 0 Å². The molecule has 88 valence electrons. The van der Waals surface area contributed by atoms with Crippen LogP contribution in [0.1, 0.15) is 11.3 Å². The second-order valence-corrected chi connectivity index (χ2v) is 3.93. The van der Waals surface area contributed by atoms with Crippen LogP contribution < -0.4 is 4.74 Å². The highest BCUT2D eigenvalue weighted by molar-refractivity contribution is 6.17. The molecule has 0 aliphatic rings. The van der Waals surface area contributed by atoms with Gasteiger partial charge in [-0.3, -0.25) is 4.98 Å². The van der Waals surface area contributed by atoms with Crippen molar-refractivity contribution in [1.29, 1.82) is 0 Å². The number of ether oxygens (including phenoxy) is 1. The summed E-state index contributed by atoms with van der Waals surface area (Å²) in [6, 6.07) is 8.02. The maximum absolute atomic E-state index is 13.2. The highest BCUT2D eigenvalue weighted by atomic mass is 35.5.